The predicted molar refractivity (Wildman–Crippen MR) is 110 cm³/mol. The van der Waals surface area contributed by atoms with Crippen LogP contribution in [0.15, 0.2) is 54.6 Å². The van der Waals surface area contributed by atoms with Crippen molar-refractivity contribution < 1.29 is 48.5 Å². The Hall–Kier alpha value is -2.05. The van der Waals surface area contributed by atoms with Crippen molar-refractivity contribution in [2.45, 2.75) is 61.2 Å². The van der Waals surface area contributed by atoms with Gasteiger partial charge in [0.1, 0.15) is 6.10 Å². The molecule has 0 aromatic heterocycles. The number of halogens is 3. The van der Waals surface area contributed by atoms with Crippen LogP contribution < -0.4 is 0 Å². The molecule has 6 atom stereocenters. The third-order valence-corrected chi connectivity index (χ3v) is 6.30. The third-order valence-electron chi connectivity index (χ3n) is 6.30. The normalized spacial score (nSPS) is 35.5. The summed E-state index contributed by atoms with van der Waals surface area (Å²) in [6.07, 6.45) is -8.44. The fraction of sp³-hybridized carbons (Fsp3) is 0.478. The van der Waals surface area contributed by atoms with Crippen molar-refractivity contribution in [1.82, 2.24) is 0 Å². The Balaban J connectivity index is 2.15. The zero-order valence-electron chi connectivity index (χ0n) is 17.8. The van der Waals surface area contributed by atoms with Gasteiger partial charge in [-0.15, -0.1) is 0 Å². The highest BCUT2D eigenvalue weighted by molar-refractivity contribution is 5.33. The zero-order valence-corrected chi connectivity index (χ0v) is 17.8. The van der Waals surface area contributed by atoms with Crippen LogP contribution >= 0.6 is 0 Å². The van der Waals surface area contributed by atoms with Crippen LogP contribution in [0, 0.1) is 0 Å². The summed E-state index contributed by atoms with van der Waals surface area (Å²) in [7, 11) is 0. The van der Waals surface area contributed by atoms with Crippen LogP contribution in [0.4, 0.5) is 13.2 Å². The van der Waals surface area contributed by atoms with Crippen molar-refractivity contribution in [2.75, 3.05) is 6.61 Å². The van der Waals surface area contributed by atoms with Crippen molar-refractivity contribution in [3.63, 3.8) is 0 Å². The molecule has 2 aromatic carbocycles. The molecule has 0 spiro atoms. The lowest BCUT2D eigenvalue weighted by Crippen LogP contribution is -2.82. The number of hydrogen-bond acceptors (Lipinski definition) is 7. The maximum absolute atomic E-state index is 16.0. The molecule has 1 saturated heterocycles. The van der Waals surface area contributed by atoms with Gasteiger partial charge in [0, 0.05) is 18.4 Å². The van der Waals surface area contributed by atoms with Crippen molar-refractivity contribution in [3.05, 3.63) is 71.3 Å². The molecule has 0 amide bonds. The van der Waals surface area contributed by atoms with E-state index in [4.69, 9.17) is 4.74 Å². The van der Waals surface area contributed by atoms with E-state index in [2.05, 4.69) is 0 Å². The van der Waals surface area contributed by atoms with Crippen LogP contribution in [0.5, 0.6) is 0 Å². The van der Waals surface area contributed by atoms with Gasteiger partial charge in [-0.05, 0) is 18.1 Å². The van der Waals surface area contributed by atoms with E-state index in [1.54, 1.807) is 6.07 Å². The third kappa shape index (κ3) is 4.06. The van der Waals surface area contributed by atoms with Gasteiger partial charge in [0.2, 0.25) is 12.2 Å². The topological polar surface area (TPSA) is 131 Å². The van der Waals surface area contributed by atoms with E-state index in [0.29, 0.717) is 0 Å². The second-order valence-corrected chi connectivity index (χ2v) is 8.43. The van der Waals surface area contributed by atoms with Crippen molar-refractivity contribution in [2.24, 2.45) is 0 Å². The number of benzene rings is 2. The quantitative estimate of drug-likeness (QED) is 0.351. The first-order chi connectivity index (χ1) is 15.3. The maximum Gasteiger partial charge on any atom is 0.271 e. The van der Waals surface area contributed by atoms with Crippen LogP contribution in [0.25, 0.3) is 0 Å². The molecule has 182 valence electrons. The predicted octanol–water partition coefficient (Wildman–Crippen LogP) is 0.774. The molecule has 1 aliphatic rings. The van der Waals surface area contributed by atoms with Crippen LogP contribution in [0.1, 0.15) is 23.6 Å². The monoisotopic (exact) mass is 472 g/mol. The standard InChI is InChI=1S/C23H27F3O7/c1-14(28)20(13-27)19(29)22(26,31)21(30,23(32,33-20)17-5-3-2-4-6-17)12-16-9-7-15(8-10-16)11-18(24)25/h2-10,14,18-19,27-32H,11-13H2,1H3/t14-,19+,20+,21+,22-,23+/m0/s1. The summed E-state index contributed by atoms with van der Waals surface area (Å²) >= 11 is 0. The zero-order chi connectivity index (χ0) is 24.7. The van der Waals surface area contributed by atoms with Gasteiger partial charge in [-0.25, -0.2) is 13.2 Å². The summed E-state index contributed by atoms with van der Waals surface area (Å²) in [6, 6.07) is 12.2. The van der Waals surface area contributed by atoms with Gasteiger partial charge in [-0.2, -0.15) is 0 Å². The van der Waals surface area contributed by atoms with Gasteiger partial charge < -0.3 is 35.4 Å². The number of rotatable bonds is 7. The summed E-state index contributed by atoms with van der Waals surface area (Å²) in [5, 5.41) is 64.5. The lowest BCUT2D eigenvalue weighted by molar-refractivity contribution is -0.481. The molecule has 10 heteroatoms. The Kier molecular flexibility index (Phi) is 6.94. The minimum Gasteiger partial charge on any atom is -0.393 e. The van der Waals surface area contributed by atoms with E-state index < -0.39 is 60.9 Å². The first-order valence-electron chi connectivity index (χ1n) is 10.3. The van der Waals surface area contributed by atoms with Gasteiger partial charge in [0.25, 0.3) is 5.85 Å². The molecular formula is C23H27F3O7. The molecule has 1 aliphatic heterocycles. The highest BCUT2D eigenvalue weighted by Crippen LogP contribution is 2.54. The molecule has 1 fully saturated rings. The minimum atomic E-state index is -4.02. The Bertz CT molecular complexity index is 941. The van der Waals surface area contributed by atoms with Crippen molar-refractivity contribution >= 4 is 0 Å². The van der Waals surface area contributed by atoms with Crippen LogP contribution in [0.2, 0.25) is 0 Å². The van der Waals surface area contributed by atoms with Crippen LogP contribution in [0.3, 0.4) is 0 Å². The first-order valence-corrected chi connectivity index (χ1v) is 10.3. The Morgan fingerprint density at radius 1 is 0.970 bits per heavy atom. The molecule has 0 aliphatic carbocycles. The fourth-order valence-electron chi connectivity index (χ4n) is 4.24. The van der Waals surface area contributed by atoms with E-state index in [1.165, 1.54) is 48.5 Å². The highest BCUT2D eigenvalue weighted by Gasteiger charge is 2.77. The number of hydrogen-bond donors (Lipinski definition) is 6. The smallest absolute Gasteiger partial charge is 0.271 e. The van der Waals surface area contributed by atoms with Gasteiger partial charge in [-0.3, -0.25) is 0 Å². The van der Waals surface area contributed by atoms with Crippen molar-refractivity contribution in [3.8, 4) is 0 Å². The molecule has 7 nitrogen and oxygen atoms in total. The number of alkyl halides is 3. The minimum absolute atomic E-state index is 0.116. The fourth-order valence-corrected chi connectivity index (χ4v) is 4.24. The average Bonchev–Trinajstić information content (AvgIpc) is 2.77. The van der Waals surface area contributed by atoms with E-state index in [1.807, 2.05) is 0 Å². The largest absolute Gasteiger partial charge is 0.393 e. The first kappa shape index (κ1) is 25.6. The highest BCUT2D eigenvalue weighted by atomic mass is 19.3. The molecule has 6 N–H and O–H groups in total. The van der Waals surface area contributed by atoms with E-state index in [9.17, 15) is 39.4 Å². The lowest BCUT2D eigenvalue weighted by Gasteiger charge is -2.60. The molecule has 1 heterocycles. The summed E-state index contributed by atoms with van der Waals surface area (Å²) in [5.41, 5.74) is -5.73. The maximum atomic E-state index is 16.0. The van der Waals surface area contributed by atoms with E-state index in [0.717, 1.165) is 6.92 Å². The molecule has 0 bridgehead atoms. The van der Waals surface area contributed by atoms with E-state index in [-0.39, 0.29) is 16.7 Å². The second-order valence-electron chi connectivity index (χ2n) is 8.43. The SMILES string of the molecule is C[C@H](O)[C@@]1(CO)O[C@](O)(c2ccccc2)[C@@](O)(Cc2ccc(CC(F)F)cc2)[C@](O)(F)[C@@H]1O. The molecule has 0 saturated carbocycles. The lowest BCUT2D eigenvalue weighted by atomic mass is 9.67. The molecule has 0 unspecified atom stereocenters. The number of aliphatic hydroxyl groups excluding tert-OH is 3. The Labute approximate surface area is 188 Å². The number of ether oxygens (including phenoxy) is 1. The van der Waals surface area contributed by atoms with E-state index >= 15 is 4.39 Å². The molecule has 3 rings (SSSR count). The summed E-state index contributed by atoms with van der Waals surface area (Å²) < 4.78 is 46.7. The average molecular weight is 472 g/mol. The number of aliphatic hydroxyl groups is 6. The molecular weight excluding hydrogens is 445 g/mol. The van der Waals surface area contributed by atoms with Crippen LogP contribution in [-0.2, 0) is 23.4 Å². The molecule has 2 aromatic rings. The molecule has 0 radical (unpaired) electrons. The van der Waals surface area contributed by atoms with Gasteiger partial charge in [-0.1, -0.05) is 54.6 Å². The second kappa shape index (κ2) is 8.95. The Morgan fingerprint density at radius 3 is 2.00 bits per heavy atom. The van der Waals surface area contributed by atoms with Crippen molar-refractivity contribution in [1.29, 1.82) is 0 Å². The molecule has 33 heavy (non-hydrogen) atoms. The summed E-state index contributed by atoms with van der Waals surface area (Å²) in [5.74, 6) is -7.09. The van der Waals surface area contributed by atoms with Gasteiger partial charge in [0.05, 0.1) is 12.7 Å². The van der Waals surface area contributed by atoms with Crippen LogP contribution in [-0.4, -0.2) is 72.9 Å². The Morgan fingerprint density at radius 2 is 1.52 bits per heavy atom. The van der Waals surface area contributed by atoms with Gasteiger partial charge in [0.15, 0.2) is 11.2 Å². The van der Waals surface area contributed by atoms with Gasteiger partial charge >= 0.3 is 0 Å². The summed E-state index contributed by atoms with van der Waals surface area (Å²) in [4.78, 5) is 0. The summed E-state index contributed by atoms with van der Waals surface area (Å²) in [6.45, 7) is -0.168.